The van der Waals surface area contributed by atoms with Crippen LogP contribution in [0, 0.1) is 6.92 Å². The number of aromatic nitrogens is 3. The molecule has 0 bridgehead atoms. The number of thiazole rings is 1. The van der Waals surface area contributed by atoms with Crippen LogP contribution in [-0.2, 0) is 17.7 Å². The van der Waals surface area contributed by atoms with Crippen LogP contribution in [0.3, 0.4) is 0 Å². The lowest BCUT2D eigenvalue weighted by Crippen LogP contribution is -2.04. The number of hydrogen-bond acceptors (Lipinski definition) is 8. The number of rotatable bonds is 6. The molecule has 1 N–H and O–H groups in total. The predicted octanol–water partition coefficient (Wildman–Crippen LogP) is 3.81. The van der Waals surface area contributed by atoms with E-state index in [1.54, 1.807) is 18.3 Å². The van der Waals surface area contributed by atoms with Gasteiger partial charge in [0.1, 0.15) is 26.9 Å². The highest BCUT2D eigenvalue weighted by Crippen LogP contribution is 2.33. The molecule has 126 valence electrons. The van der Waals surface area contributed by atoms with Gasteiger partial charge in [-0.2, -0.15) is 0 Å². The van der Waals surface area contributed by atoms with E-state index in [4.69, 9.17) is 4.74 Å². The molecule has 0 fully saturated rings. The molecule has 3 rings (SSSR count). The van der Waals surface area contributed by atoms with Crippen LogP contribution in [0.5, 0.6) is 0 Å². The average Bonchev–Trinajstić information content (AvgIpc) is 3.18. The van der Waals surface area contributed by atoms with Gasteiger partial charge in [0, 0.05) is 11.1 Å². The van der Waals surface area contributed by atoms with Crippen LogP contribution in [0.4, 0.5) is 5.82 Å². The van der Waals surface area contributed by atoms with Crippen LogP contribution < -0.4 is 5.32 Å². The summed E-state index contributed by atoms with van der Waals surface area (Å²) in [4.78, 5) is 27.7. The highest BCUT2D eigenvalue weighted by Gasteiger charge is 2.20. The summed E-state index contributed by atoms with van der Waals surface area (Å²) in [6.07, 6.45) is 4.41. The number of carbonyl (C=O) groups excluding carboxylic acids is 1. The van der Waals surface area contributed by atoms with Crippen molar-refractivity contribution in [2.45, 2.75) is 33.7 Å². The number of thiophene rings is 1. The largest absolute Gasteiger partial charge is 0.462 e. The molecule has 24 heavy (non-hydrogen) atoms. The van der Waals surface area contributed by atoms with Gasteiger partial charge in [-0.25, -0.2) is 19.7 Å². The summed E-state index contributed by atoms with van der Waals surface area (Å²) >= 11 is 3.03. The van der Waals surface area contributed by atoms with Gasteiger partial charge in [-0.15, -0.1) is 22.7 Å². The lowest BCUT2D eigenvalue weighted by Gasteiger charge is -2.05. The van der Waals surface area contributed by atoms with Crippen molar-refractivity contribution in [3.05, 3.63) is 32.8 Å². The molecule has 0 spiro atoms. The molecule has 0 aromatic carbocycles. The molecule has 6 nitrogen and oxygen atoms in total. The number of anilines is 1. The minimum absolute atomic E-state index is 0.309. The maximum atomic E-state index is 12.1. The first kappa shape index (κ1) is 16.8. The molecule has 0 atom stereocenters. The Balaban J connectivity index is 1.89. The Morgan fingerprint density at radius 2 is 2.08 bits per heavy atom. The van der Waals surface area contributed by atoms with Crippen molar-refractivity contribution < 1.29 is 9.53 Å². The Morgan fingerprint density at radius 3 is 2.79 bits per heavy atom. The van der Waals surface area contributed by atoms with Crippen molar-refractivity contribution in [2.24, 2.45) is 0 Å². The maximum Gasteiger partial charge on any atom is 0.348 e. The van der Waals surface area contributed by atoms with Crippen molar-refractivity contribution in [3.63, 3.8) is 0 Å². The topological polar surface area (TPSA) is 77.0 Å². The molecule has 0 aliphatic carbocycles. The van der Waals surface area contributed by atoms with Crippen molar-refractivity contribution in [3.8, 4) is 0 Å². The molecule has 0 aliphatic rings. The fourth-order valence-electron chi connectivity index (χ4n) is 2.35. The predicted molar refractivity (Wildman–Crippen MR) is 96.9 cm³/mol. The number of aryl methyl sites for hydroxylation is 2. The minimum Gasteiger partial charge on any atom is -0.462 e. The van der Waals surface area contributed by atoms with Crippen LogP contribution in [0.25, 0.3) is 10.2 Å². The second-order valence-electron chi connectivity index (χ2n) is 5.11. The summed E-state index contributed by atoms with van der Waals surface area (Å²) in [5.41, 5.74) is 0.852. The summed E-state index contributed by atoms with van der Waals surface area (Å²) in [5.74, 6) is 0.411. The first-order chi connectivity index (χ1) is 11.6. The Labute approximate surface area is 147 Å². The number of fused-ring (bicyclic) bond motifs is 1. The van der Waals surface area contributed by atoms with Gasteiger partial charge in [-0.1, -0.05) is 6.92 Å². The first-order valence-electron chi connectivity index (χ1n) is 7.72. The van der Waals surface area contributed by atoms with Crippen LogP contribution in [-0.4, -0.2) is 27.5 Å². The molecule has 0 saturated heterocycles. The van der Waals surface area contributed by atoms with E-state index in [2.05, 4.69) is 27.2 Å². The zero-order valence-corrected chi connectivity index (χ0v) is 15.4. The Morgan fingerprint density at radius 1 is 1.25 bits per heavy atom. The van der Waals surface area contributed by atoms with E-state index in [1.807, 2.05) is 13.1 Å². The van der Waals surface area contributed by atoms with Gasteiger partial charge in [0.05, 0.1) is 18.5 Å². The van der Waals surface area contributed by atoms with Gasteiger partial charge < -0.3 is 10.1 Å². The van der Waals surface area contributed by atoms with Gasteiger partial charge in [0.2, 0.25) is 0 Å². The quantitative estimate of drug-likeness (QED) is 0.672. The summed E-state index contributed by atoms with van der Waals surface area (Å²) in [7, 11) is 0. The monoisotopic (exact) mass is 362 g/mol. The smallest absolute Gasteiger partial charge is 0.348 e. The van der Waals surface area contributed by atoms with Crippen molar-refractivity contribution in [1.82, 2.24) is 15.0 Å². The SMILES string of the molecule is CCOC(=O)c1sc2ncnc(NCc3ncc(CC)s3)c2c1C. The normalized spacial score (nSPS) is 11.0. The number of nitrogens with one attached hydrogen (secondary N) is 1. The van der Waals surface area contributed by atoms with Crippen molar-refractivity contribution in [1.29, 1.82) is 0 Å². The van der Waals surface area contributed by atoms with Crippen LogP contribution in [0.15, 0.2) is 12.5 Å². The summed E-state index contributed by atoms with van der Waals surface area (Å²) in [6.45, 7) is 6.77. The van der Waals surface area contributed by atoms with E-state index in [-0.39, 0.29) is 5.97 Å². The van der Waals surface area contributed by atoms with Crippen molar-refractivity contribution >= 4 is 44.7 Å². The van der Waals surface area contributed by atoms with E-state index in [0.717, 1.165) is 33.0 Å². The van der Waals surface area contributed by atoms with Crippen molar-refractivity contribution in [2.75, 3.05) is 11.9 Å². The standard InChI is InChI=1S/C16H18N4O2S2/c1-4-10-6-17-11(23-10)7-18-14-12-9(3)13(16(21)22-5-2)24-15(12)20-8-19-14/h6,8H,4-5,7H2,1-3H3,(H,18,19,20). The molecule has 3 heterocycles. The highest BCUT2D eigenvalue weighted by molar-refractivity contribution is 7.20. The van der Waals surface area contributed by atoms with Gasteiger partial charge in [-0.05, 0) is 25.8 Å². The molecule has 0 unspecified atom stereocenters. The van der Waals surface area contributed by atoms with E-state index in [9.17, 15) is 4.79 Å². The molecule has 0 aliphatic heterocycles. The van der Waals surface area contributed by atoms with Gasteiger partial charge in [0.15, 0.2) is 0 Å². The second kappa shape index (κ2) is 7.23. The van der Waals surface area contributed by atoms with E-state index in [1.165, 1.54) is 22.5 Å². The molecular formula is C16H18N4O2S2. The number of hydrogen-bond donors (Lipinski definition) is 1. The fourth-order valence-corrected chi connectivity index (χ4v) is 4.19. The Kier molecular flexibility index (Phi) is 5.06. The molecular weight excluding hydrogens is 344 g/mol. The fraction of sp³-hybridized carbons (Fsp3) is 0.375. The van der Waals surface area contributed by atoms with E-state index < -0.39 is 0 Å². The third-order valence-electron chi connectivity index (χ3n) is 3.54. The molecule has 3 aromatic rings. The summed E-state index contributed by atoms with van der Waals surface area (Å²) in [6, 6.07) is 0. The highest BCUT2D eigenvalue weighted by atomic mass is 32.1. The number of esters is 1. The number of carbonyl (C=O) groups is 1. The summed E-state index contributed by atoms with van der Waals surface area (Å²) < 4.78 is 5.12. The number of nitrogens with zero attached hydrogens (tertiary/aromatic N) is 3. The Hall–Kier alpha value is -2.06. The van der Waals surface area contributed by atoms with Crippen LogP contribution in [0.2, 0.25) is 0 Å². The van der Waals surface area contributed by atoms with Crippen LogP contribution >= 0.6 is 22.7 Å². The van der Waals surface area contributed by atoms with E-state index >= 15 is 0 Å². The molecule has 0 radical (unpaired) electrons. The first-order valence-corrected chi connectivity index (χ1v) is 9.36. The third-order valence-corrected chi connectivity index (χ3v) is 5.87. The van der Waals surface area contributed by atoms with E-state index in [0.29, 0.717) is 18.0 Å². The van der Waals surface area contributed by atoms with Gasteiger partial charge in [-0.3, -0.25) is 0 Å². The number of ether oxygens (including phenoxy) is 1. The zero-order chi connectivity index (χ0) is 17.1. The van der Waals surface area contributed by atoms with Gasteiger partial charge >= 0.3 is 5.97 Å². The second-order valence-corrected chi connectivity index (χ2v) is 7.31. The zero-order valence-electron chi connectivity index (χ0n) is 13.8. The lowest BCUT2D eigenvalue weighted by atomic mass is 10.2. The molecule has 8 heteroatoms. The maximum absolute atomic E-state index is 12.1. The average molecular weight is 362 g/mol. The van der Waals surface area contributed by atoms with Crippen LogP contribution in [0.1, 0.15) is 39.0 Å². The molecule has 3 aromatic heterocycles. The lowest BCUT2D eigenvalue weighted by molar-refractivity contribution is 0.0531. The minimum atomic E-state index is -0.309. The molecule has 0 amide bonds. The summed E-state index contributed by atoms with van der Waals surface area (Å²) in [5, 5.41) is 5.20. The third kappa shape index (κ3) is 3.25. The Bertz CT molecular complexity index is 872. The van der Waals surface area contributed by atoms with Gasteiger partial charge in [0.25, 0.3) is 0 Å². The molecule has 0 saturated carbocycles.